The average Bonchev–Trinajstić information content (AvgIpc) is 2.42. The first kappa shape index (κ1) is 13.0. The van der Waals surface area contributed by atoms with Gasteiger partial charge in [0.2, 0.25) is 0 Å². The molecule has 2 rings (SSSR count). The molecule has 0 aliphatic heterocycles. The normalized spacial score (nSPS) is 10.4. The van der Waals surface area contributed by atoms with Crippen LogP contribution in [-0.4, -0.2) is 14.5 Å². The zero-order valence-corrected chi connectivity index (χ0v) is 10.5. The van der Waals surface area contributed by atoms with Crippen molar-refractivity contribution in [2.24, 2.45) is 5.84 Å². The van der Waals surface area contributed by atoms with Gasteiger partial charge in [-0.25, -0.2) is 15.6 Å². The molecule has 2 aromatic heterocycles. The topological polar surface area (TPSA) is 106 Å². The van der Waals surface area contributed by atoms with Crippen molar-refractivity contribution in [3.05, 3.63) is 56.5 Å². The highest BCUT2D eigenvalue weighted by Gasteiger charge is 2.05. The molecule has 4 N–H and O–H groups in total. The van der Waals surface area contributed by atoms with Gasteiger partial charge in [0.25, 0.3) is 5.56 Å². The minimum Gasteiger partial charge on any atom is -0.308 e. The van der Waals surface area contributed by atoms with Gasteiger partial charge in [-0.2, -0.15) is 0 Å². The van der Waals surface area contributed by atoms with Gasteiger partial charge in [-0.05, 0) is 18.6 Å². The first-order valence-corrected chi connectivity index (χ1v) is 5.89. The van der Waals surface area contributed by atoms with Crippen molar-refractivity contribution in [3.63, 3.8) is 0 Å². The number of pyridine rings is 1. The van der Waals surface area contributed by atoms with E-state index in [0.29, 0.717) is 23.5 Å². The molecule has 0 fully saturated rings. The molecule has 7 nitrogen and oxygen atoms in total. The number of aromatic amines is 1. The Morgan fingerprint density at radius 3 is 2.89 bits per heavy atom. The molecular formula is C12H15N5O2. The summed E-state index contributed by atoms with van der Waals surface area (Å²) in [4.78, 5) is 29.7. The van der Waals surface area contributed by atoms with E-state index in [1.807, 2.05) is 6.92 Å². The maximum atomic E-state index is 11.7. The summed E-state index contributed by atoms with van der Waals surface area (Å²) in [6.45, 7) is 2.13. The van der Waals surface area contributed by atoms with Crippen molar-refractivity contribution in [2.45, 2.75) is 19.9 Å². The minimum atomic E-state index is -0.449. The molecule has 0 bridgehead atoms. The zero-order chi connectivity index (χ0) is 13.8. The van der Waals surface area contributed by atoms with Crippen molar-refractivity contribution < 1.29 is 0 Å². The molecule has 0 spiro atoms. The number of anilines is 1. The number of nitrogens with one attached hydrogen (secondary N) is 2. The SMILES string of the molecule is CCc1cn(Cc2cccc(NN)n2)c(=O)[nH]c1=O. The lowest BCUT2D eigenvalue weighted by atomic mass is 10.2. The van der Waals surface area contributed by atoms with Crippen molar-refractivity contribution in [1.29, 1.82) is 0 Å². The van der Waals surface area contributed by atoms with Crippen LogP contribution in [0.2, 0.25) is 0 Å². The summed E-state index contributed by atoms with van der Waals surface area (Å²) in [5.41, 5.74) is 2.89. The molecule has 7 heteroatoms. The lowest BCUT2D eigenvalue weighted by Gasteiger charge is -2.07. The molecule has 0 saturated carbocycles. The second-order valence-corrected chi connectivity index (χ2v) is 4.05. The predicted molar refractivity (Wildman–Crippen MR) is 71.8 cm³/mol. The standard InChI is InChI=1S/C12H15N5O2/c1-2-8-6-17(12(19)15-11(8)18)7-9-4-3-5-10(14-9)16-13/h3-6H,2,7,13H2,1H3,(H,14,16)(H,15,18,19). The van der Waals surface area contributed by atoms with Gasteiger partial charge >= 0.3 is 5.69 Å². The van der Waals surface area contributed by atoms with Crippen LogP contribution in [0.5, 0.6) is 0 Å². The minimum absolute atomic E-state index is 0.276. The molecule has 100 valence electrons. The Labute approximate surface area is 109 Å². The summed E-state index contributed by atoms with van der Waals surface area (Å²) in [6.07, 6.45) is 2.12. The van der Waals surface area contributed by atoms with Crippen LogP contribution in [0.4, 0.5) is 5.82 Å². The van der Waals surface area contributed by atoms with Crippen molar-refractivity contribution in [3.8, 4) is 0 Å². The Morgan fingerprint density at radius 1 is 1.42 bits per heavy atom. The lowest BCUT2D eigenvalue weighted by Crippen LogP contribution is -2.32. The molecule has 0 radical (unpaired) electrons. The van der Waals surface area contributed by atoms with Crippen LogP contribution in [0.15, 0.2) is 34.0 Å². The molecular weight excluding hydrogens is 246 g/mol. The number of hydrazine groups is 1. The quantitative estimate of drug-likeness (QED) is 0.523. The van der Waals surface area contributed by atoms with Crippen LogP contribution in [0.1, 0.15) is 18.2 Å². The van der Waals surface area contributed by atoms with Gasteiger partial charge in [0, 0.05) is 11.8 Å². The number of rotatable bonds is 4. The Hall–Kier alpha value is -2.41. The fourth-order valence-electron chi connectivity index (χ4n) is 1.75. The number of hydrogen-bond donors (Lipinski definition) is 3. The lowest BCUT2D eigenvalue weighted by molar-refractivity contribution is 0.694. The molecule has 0 atom stereocenters. The van der Waals surface area contributed by atoms with Crippen LogP contribution >= 0.6 is 0 Å². The average molecular weight is 261 g/mol. The third-order valence-corrected chi connectivity index (χ3v) is 2.75. The third-order valence-electron chi connectivity index (χ3n) is 2.75. The van der Waals surface area contributed by atoms with Gasteiger partial charge in [-0.3, -0.25) is 14.3 Å². The summed E-state index contributed by atoms with van der Waals surface area (Å²) in [6, 6.07) is 5.29. The maximum absolute atomic E-state index is 11.7. The van der Waals surface area contributed by atoms with Crippen LogP contribution in [0.25, 0.3) is 0 Å². The molecule has 0 saturated heterocycles. The van der Waals surface area contributed by atoms with E-state index >= 15 is 0 Å². The van der Waals surface area contributed by atoms with Crippen LogP contribution in [0.3, 0.4) is 0 Å². The van der Waals surface area contributed by atoms with Gasteiger partial charge in [0.05, 0.1) is 12.2 Å². The number of nitrogens with two attached hydrogens (primary N) is 1. The summed E-state index contributed by atoms with van der Waals surface area (Å²) in [5.74, 6) is 5.80. The van der Waals surface area contributed by atoms with E-state index in [2.05, 4.69) is 15.4 Å². The van der Waals surface area contributed by atoms with Gasteiger partial charge in [0.15, 0.2) is 0 Å². The Bertz CT molecular complexity index is 689. The smallest absolute Gasteiger partial charge is 0.308 e. The van der Waals surface area contributed by atoms with Crippen molar-refractivity contribution >= 4 is 5.82 Å². The molecule has 2 aromatic rings. The van der Waals surface area contributed by atoms with Gasteiger partial charge in [-0.1, -0.05) is 13.0 Å². The number of hydrogen-bond acceptors (Lipinski definition) is 5. The summed E-state index contributed by atoms with van der Waals surface area (Å²) >= 11 is 0. The fraction of sp³-hybridized carbons (Fsp3) is 0.250. The number of nitrogens with zero attached hydrogens (tertiary/aromatic N) is 2. The molecule has 19 heavy (non-hydrogen) atoms. The van der Waals surface area contributed by atoms with E-state index in [1.165, 1.54) is 4.57 Å². The van der Waals surface area contributed by atoms with E-state index in [9.17, 15) is 9.59 Å². The molecule has 0 amide bonds. The fourth-order valence-corrected chi connectivity index (χ4v) is 1.75. The second kappa shape index (κ2) is 5.49. The summed E-state index contributed by atoms with van der Waals surface area (Å²) in [5, 5.41) is 0. The third kappa shape index (κ3) is 2.89. The van der Waals surface area contributed by atoms with Crippen LogP contribution in [0, 0.1) is 0 Å². The zero-order valence-electron chi connectivity index (χ0n) is 10.5. The summed E-state index contributed by atoms with van der Waals surface area (Å²) in [7, 11) is 0. The highest BCUT2D eigenvalue weighted by Crippen LogP contribution is 2.04. The highest BCUT2D eigenvalue weighted by atomic mass is 16.2. The first-order valence-electron chi connectivity index (χ1n) is 5.89. The number of aromatic nitrogens is 3. The summed E-state index contributed by atoms with van der Waals surface area (Å²) < 4.78 is 1.42. The Kier molecular flexibility index (Phi) is 3.76. The number of aryl methyl sites for hydroxylation is 1. The molecule has 0 aliphatic rings. The first-order chi connectivity index (χ1) is 9.13. The molecule has 0 unspecified atom stereocenters. The highest BCUT2D eigenvalue weighted by molar-refractivity contribution is 5.33. The Balaban J connectivity index is 2.37. The van der Waals surface area contributed by atoms with Gasteiger partial charge in [-0.15, -0.1) is 0 Å². The molecule has 0 aliphatic carbocycles. The Morgan fingerprint density at radius 2 is 2.21 bits per heavy atom. The van der Waals surface area contributed by atoms with Crippen molar-refractivity contribution in [1.82, 2.24) is 14.5 Å². The van der Waals surface area contributed by atoms with Crippen LogP contribution in [-0.2, 0) is 13.0 Å². The molecule has 2 heterocycles. The van der Waals surface area contributed by atoms with Gasteiger partial charge < -0.3 is 5.43 Å². The molecule has 0 aromatic carbocycles. The van der Waals surface area contributed by atoms with E-state index in [4.69, 9.17) is 5.84 Å². The largest absolute Gasteiger partial charge is 0.328 e. The van der Waals surface area contributed by atoms with Crippen LogP contribution < -0.4 is 22.5 Å². The second-order valence-electron chi connectivity index (χ2n) is 4.05. The number of H-pyrrole nitrogens is 1. The maximum Gasteiger partial charge on any atom is 0.328 e. The monoisotopic (exact) mass is 261 g/mol. The number of nitrogen functional groups attached to an aromatic ring is 1. The van der Waals surface area contributed by atoms with Crippen molar-refractivity contribution in [2.75, 3.05) is 5.43 Å². The van der Waals surface area contributed by atoms with Gasteiger partial charge in [0.1, 0.15) is 5.82 Å². The van der Waals surface area contributed by atoms with E-state index in [0.717, 1.165) is 0 Å². The predicted octanol–water partition coefficient (Wildman–Crippen LogP) is -0.172. The van der Waals surface area contributed by atoms with E-state index < -0.39 is 5.69 Å². The van der Waals surface area contributed by atoms with E-state index in [-0.39, 0.29) is 12.1 Å². The van der Waals surface area contributed by atoms with E-state index in [1.54, 1.807) is 24.4 Å².